The molecule has 1 aromatic heterocycles. The minimum absolute atomic E-state index is 0.00569. The fraction of sp³-hybridized carbons (Fsp3) is 0.286. The Bertz CT molecular complexity index is 533. The summed E-state index contributed by atoms with van der Waals surface area (Å²) in [6, 6.07) is 5.94. The summed E-state index contributed by atoms with van der Waals surface area (Å²) in [5.74, 6) is 0. The predicted molar refractivity (Wildman–Crippen MR) is 81.3 cm³/mol. The fourth-order valence-electron chi connectivity index (χ4n) is 1.90. The maximum Gasteiger partial charge on any atom is 0.115 e. The van der Waals surface area contributed by atoms with Crippen LogP contribution in [0.5, 0.6) is 0 Å². The Morgan fingerprint density at radius 1 is 1.32 bits per heavy atom. The van der Waals surface area contributed by atoms with Gasteiger partial charge in [0.05, 0.1) is 11.1 Å². The molecule has 0 fully saturated rings. The molecule has 0 saturated heterocycles. The van der Waals surface area contributed by atoms with E-state index >= 15 is 0 Å². The Hall–Kier alpha value is -0.970. The number of nitrogens with zero attached hydrogens (tertiary/aromatic N) is 2. The number of benzene rings is 1. The van der Waals surface area contributed by atoms with E-state index in [1.54, 1.807) is 0 Å². The van der Waals surface area contributed by atoms with E-state index in [0.717, 1.165) is 33.6 Å². The Labute approximate surface area is 126 Å². The number of rotatable bonds is 5. The second-order valence-corrected chi connectivity index (χ2v) is 5.43. The smallest absolute Gasteiger partial charge is 0.115 e. The van der Waals surface area contributed by atoms with Crippen LogP contribution in [0.15, 0.2) is 41.4 Å². The molecule has 5 heteroatoms. The Morgan fingerprint density at radius 3 is 2.74 bits per heavy atom. The highest BCUT2D eigenvalue weighted by Crippen LogP contribution is 2.32. The summed E-state index contributed by atoms with van der Waals surface area (Å²) in [4.78, 5) is 8.17. The third-order valence-corrected chi connectivity index (χ3v) is 4.12. The molecule has 0 amide bonds. The first-order valence-corrected chi connectivity index (χ1v) is 7.33. The number of hydrogen-bond donors (Lipinski definition) is 1. The van der Waals surface area contributed by atoms with Crippen molar-refractivity contribution in [3.05, 3.63) is 57.5 Å². The lowest BCUT2D eigenvalue weighted by Crippen LogP contribution is -2.23. The first-order chi connectivity index (χ1) is 9.24. The van der Waals surface area contributed by atoms with E-state index in [0.29, 0.717) is 0 Å². The van der Waals surface area contributed by atoms with E-state index in [4.69, 9.17) is 11.6 Å². The molecule has 1 unspecified atom stereocenters. The molecule has 100 valence electrons. The minimum atomic E-state index is 0.00569. The van der Waals surface area contributed by atoms with Crippen LogP contribution < -0.4 is 5.32 Å². The number of halogens is 2. The van der Waals surface area contributed by atoms with Gasteiger partial charge < -0.3 is 5.32 Å². The zero-order chi connectivity index (χ0) is 13.7. The predicted octanol–water partition coefficient (Wildman–Crippen LogP) is 3.98. The van der Waals surface area contributed by atoms with Crippen LogP contribution in [0.3, 0.4) is 0 Å². The monoisotopic (exact) mass is 339 g/mol. The third kappa shape index (κ3) is 3.53. The van der Waals surface area contributed by atoms with Gasteiger partial charge in [0, 0.05) is 22.4 Å². The van der Waals surface area contributed by atoms with Gasteiger partial charge in [0.2, 0.25) is 0 Å². The highest BCUT2D eigenvalue weighted by Gasteiger charge is 2.17. The van der Waals surface area contributed by atoms with Crippen LogP contribution in [0.2, 0.25) is 5.02 Å². The van der Waals surface area contributed by atoms with E-state index in [1.165, 1.54) is 6.33 Å². The van der Waals surface area contributed by atoms with Crippen LogP contribution in [-0.4, -0.2) is 16.5 Å². The van der Waals surface area contributed by atoms with Gasteiger partial charge >= 0.3 is 0 Å². The molecule has 2 aromatic rings. The molecule has 3 nitrogen and oxygen atoms in total. The molecule has 0 aliphatic carbocycles. The normalized spacial score (nSPS) is 12.4. The zero-order valence-electron chi connectivity index (χ0n) is 10.6. The van der Waals surface area contributed by atoms with Crippen molar-refractivity contribution < 1.29 is 0 Å². The molecule has 2 rings (SSSR count). The standard InChI is InChI=1S/C14H15BrClN3/c1-2-6-19-14(10-7-17-9-18-8-10)11-4-3-5-12(15)13(11)16/h3-5,7-9,14,19H,2,6H2,1H3. The topological polar surface area (TPSA) is 37.8 Å². The number of hydrogen-bond acceptors (Lipinski definition) is 3. The lowest BCUT2D eigenvalue weighted by Gasteiger charge is -2.20. The summed E-state index contributed by atoms with van der Waals surface area (Å²) < 4.78 is 0.895. The second kappa shape index (κ2) is 6.98. The van der Waals surface area contributed by atoms with Gasteiger partial charge in [-0.1, -0.05) is 30.7 Å². The van der Waals surface area contributed by atoms with Crippen molar-refractivity contribution >= 4 is 27.5 Å². The van der Waals surface area contributed by atoms with Gasteiger partial charge in [-0.05, 0) is 40.5 Å². The van der Waals surface area contributed by atoms with Crippen molar-refractivity contribution in [2.45, 2.75) is 19.4 Å². The van der Waals surface area contributed by atoms with Crippen molar-refractivity contribution in [2.75, 3.05) is 6.54 Å². The van der Waals surface area contributed by atoms with Gasteiger partial charge in [-0.3, -0.25) is 0 Å². The lowest BCUT2D eigenvalue weighted by atomic mass is 10.0. The average Bonchev–Trinajstić information content (AvgIpc) is 2.45. The maximum absolute atomic E-state index is 6.39. The summed E-state index contributed by atoms with van der Waals surface area (Å²) >= 11 is 9.85. The first kappa shape index (κ1) is 14.4. The van der Waals surface area contributed by atoms with Gasteiger partial charge in [0.15, 0.2) is 0 Å². The van der Waals surface area contributed by atoms with Gasteiger partial charge in [-0.2, -0.15) is 0 Å². The van der Waals surface area contributed by atoms with Crippen LogP contribution in [0.4, 0.5) is 0 Å². The van der Waals surface area contributed by atoms with E-state index in [9.17, 15) is 0 Å². The van der Waals surface area contributed by atoms with Crippen molar-refractivity contribution in [3.63, 3.8) is 0 Å². The van der Waals surface area contributed by atoms with E-state index in [2.05, 4.69) is 38.1 Å². The van der Waals surface area contributed by atoms with Gasteiger partial charge in [-0.25, -0.2) is 9.97 Å². The molecule has 0 spiro atoms. The van der Waals surface area contributed by atoms with E-state index < -0.39 is 0 Å². The lowest BCUT2D eigenvalue weighted by molar-refractivity contribution is 0.595. The largest absolute Gasteiger partial charge is 0.306 e. The highest BCUT2D eigenvalue weighted by atomic mass is 79.9. The number of aromatic nitrogens is 2. The van der Waals surface area contributed by atoms with Gasteiger partial charge in [0.1, 0.15) is 6.33 Å². The van der Waals surface area contributed by atoms with Crippen molar-refractivity contribution in [1.82, 2.24) is 15.3 Å². The molecule has 0 aliphatic rings. The molecular weight excluding hydrogens is 326 g/mol. The van der Waals surface area contributed by atoms with Crippen LogP contribution in [0.25, 0.3) is 0 Å². The molecule has 1 atom stereocenters. The van der Waals surface area contributed by atoms with Crippen LogP contribution in [0.1, 0.15) is 30.5 Å². The van der Waals surface area contributed by atoms with E-state index in [1.807, 2.05) is 30.6 Å². The number of nitrogens with one attached hydrogen (secondary N) is 1. The summed E-state index contributed by atoms with van der Waals surface area (Å²) in [6.45, 7) is 3.04. The second-order valence-electron chi connectivity index (χ2n) is 4.20. The minimum Gasteiger partial charge on any atom is -0.306 e. The van der Waals surface area contributed by atoms with Crippen molar-refractivity contribution in [3.8, 4) is 0 Å². The van der Waals surface area contributed by atoms with Crippen molar-refractivity contribution in [1.29, 1.82) is 0 Å². The summed E-state index contributed by atoms with van der Waals surface area (Å²) in [5.41, 5.74) is 2.04. The molecular formula is C14H15BrClN3. The van der Waals surface area contributed by atoms with Gasteiger partial charge in [-0.15, -0.1) is 0 Å². The Kier molecular flexibility index (Phi) is 5.31. The quantitative estimate of drug-likeness (QED) is 0.894. The maximum atomic E-state index is 6.39. The van der Waals surface area contributed by atoms with E-state index in [-0.39, 0.29) is 6.04 Å². The van der Waals surface area contributed by atoms with Crippen LogP contribution in [-0.2, 0) is 0 Å². The third-order valence-electron chi connectivity index (χ3n) is 2.80. The average molecular weight is 341 g/mol. The summed E-state index contributed by atoms with van der Waals surface area (Å²) in [7, 11) is 0. The summed E-state index contributed by atoms with van der Waals surface area (Å²) in [6.07, 6.45) is 6.22. The van der Waals surface area contributed by atoms with Gasteiger partial charge in [0.25, 0.3) is 0 Å². The molecule has 19 heavy (non-hydrogen) atoms. The van der Waals surface area contributed by atoms with Crippen molar-refractivity contribution in [2.24, 2.45) is 0 Å². The molecule has 1 N–H and O–H groups in total. The first-order valence-electron chi connectivity index (χ1n) is 6.16. The highest BCUT2D eigenvalue weighted by molar-refractivity contribution is 9.10. The van der Waals surface area contributed by atoms with Crippen LogP contribution >= 0.6 is 27.5 Å². The molecule has 1 heterocycles. The Balaban J connectivity index is 2.40. The molecule has 0 saturated carbocycles. The zero-order valence-corrected chi connectivity index (χ0v) is 12.9. The molecule has 0 aliphatic heterocycles. The molecule has 0 bridgehead atoms. The fourth-order valence-corrected chi connectivity index (χ4v) is 2.52. The Morgan fingerprint density at radius 2 is 2.05 bits per heavy atom. The molecule has 0 radical (unpaired) electrons. The summed E-state index contributed by atoms with van der Waals surface area (Å²) in [5, 5.41) is 4.21. The molecule has 1 aromatic carbocycles. The SMILES string of the molecule is CCCNC(c1cncnc1)c1cccc(Br)c1Cl. The van der Waals surface area contributed by atoms with Crippen LogP contribution in [0, 0.1) is 0 Å².